The van der Waals surface area contributed by atoms with Crippen molar-refractivity contribution >= 4 is 24.7 Å². The SMILES string of the molecule is Nc1ncc2ncn(CC3(CCP(=O)(O)O)CC3)c2n1. The summed E-state index contributed by atoms with van der Waals surface area (Å²) in [4.78, 5) is 30.3. The molecule has 8 nitrogen and oxygen atoms in total. The molecule has 9 heteroatoms. The van der Waals surface area contributed by atoms with Crippen molar-refractivity contribution in [2.75, 3.05) is 11.9 Å². The number of nitrogens with zero attached hydrogens (tertiary/aromatic N) is 4. The maximum Gasteiger partial charge on any atom is 0.325 e. The third kappa shape index (κ3) is 2.82. The molecule has 0 unspecified atom stereocenters. The molecule has 2 heterocycles. The lowest BCUT2D eigenvalue weighted by Crippen LogP contribution is -2.13. The molecule has 0 aliphatic heterocycles. The highest BCUT2D eigenvalue weighted by molar-refractivity contribution is 7.51. The first-order valence-corrected chi connectivity index (χ1v) is 8.15. The smallest absolute Gasteiger partial charge is 0.325 e. The third-order valence-electron chi connectivity index (χ3n) is 3.77. The minimum atomic E-state index is -3.94. The molecule has 20 heavy (non-hydrogen) atoms. The van der Waals surface area contributed by atoms with Gasteiger partial charge in [-0.3, -0.25) is 4.57 Å². The Morgan fingerprint density at radius 1 is 1.40 bits per heavy atom. The lowest BCUT2D eigenvalue weighted by molar-refractivity contribution is 0.352. The fourth-order valence-electron chi connectivity index (χ4n) is 2.39. The summed E-state index contributed by atoms with van der Waals surface area (Å²) in [7, 11) is -3.94. The number of aromatic nitrogens is 4. The lowest BCUT2D eigenvalue weighted by atomic mass is 10.0. The molecule has 0 atom stereocenters. The number of nitrogen functional groups attached to an aromatic ring is 1. The largest absolute Gasteiger partial charge is 0.368 e. The van der Waals surface area contributed by atoms with Gasteiger partial charge >= 0.3 is 7.60 Å². The Bertz CT molecular complexity index is 690. The van der Waals surface area contributed by atoms with Gasteiger partial charge in [-0.25, -0.2) is 9.97 Å². The molecule has 108 valence electrons. The van der Waals surface area contributed by atoms with Crippen LogP contribution in [0.4, 0.5) is 5.95 Å². The van der Waals surface area contributed by atoms with E-state index in [-0.39, 0.29) is 17.5 Å². The molecule has 0 aromatic carbocycles. The summed E-state index contributed by atoms with van der Waals surface area (Å²) in [5.74, 6) is 0.194. The quantitative estimate of drug-likeness (QED) is 0.695. The zero-order chi connectivity index (χ0) is 14.4. The molecule has 1 fully saturated rings. The van der Waals surface area contributed by atoms with Gasteiger partial charge in [0.25, 0.3) is 0 Å². The number of hydrogen-bond acceptors (Lipinski definition) is 5. The Morgan fingerprint density at radius 2 is 2.15 bits per heavy atom. The highest BCUT2D eigenvalue weighted by Gasteiger charge is 2.44. The van der Waals surface area contributed by atoms with Crippen LogP contribution in [0.25, 0.3) is 11.2 Å². The van der Waals surface area contributed by atoms with E-state index in [0.717, 1.165) is 12.8 Å². The molecule has 4 N–H and O–H groups in total. The van der Waals surface area contributed by atoms with Crippen LogP contribution in [0.2, 0.25) is 0 Å². The first-order valence-electron chi connectivity index (χ1n) is 6.35. The van der Waals surface area contributed by atoms with Gasteiger partial charge in [0.15, 0.2) is 5.65 Å². The van der Waals surface area contributed by atoms with Gasteiger partial charge in [0.2, 0.25) is 5.95 Å². The molecule has 1 saturated carbocycles. The molecule has 3 rings (SSSR count). The minimum absolute atomic E-state index is 0.0472. The van der Waals surface area contributed by atoms with Gasteiger partial charge in [0.1, 0.15) is 5.52 Å². The van der Waals surface area contributed by atoms with Crippen LogP contribution in [0.5, 0.6) is 0 Å². The molecule has 1 aliphatic rings. The average molecular weight is 297 g/mol. The van der Waals surface area contributed by atoms with Crippen molar-refractivity contribution in [2.24, 2.45) is 5.41 Å². The first-order chi connectivity index (χ1) is 9.37. The van der Waals surface area contributed by atoms with Gasteiger partial charge in [0, 0.05) is 6.54 Å². The number of fused-ring (bicyclic) bond motifs is 1. The number of nitrogens with two attached hydrogens (primary N) is 1. The Kier molecular flexibility index (Phi) is 3.04. The van der Waals surface area contributed by atoms with Crippen molar-refractivity contribution in [1.29, 1.82) is 0 Å². The fourth-order valence-corrected chi connectivity index (χ4v) is 3.16. The van der Waals surface area contributed by atoms with Gasteiger partial charge in [0.05, 0.1) is 18.7 Å². The average Bonchev–Trinajstić information content (AvgIpc) is 3.03. The summed E-state index contributed by atoms with van der Waals surface area (Å²) in [5, 5.41) is 0. The van der Waals surface area contributed by atoms with Gasteiger partial charge in [-0.2, -0.15) is 4.98 Å². The second-order valence-corrected chi connectivity index (χ2v) is 7.22. The minimum Gasteiger partial charge on any atom is -0.368 e. The standard InChI is InChI=1S/C11H16N5O3P/c12-10-13-5-8-9(15-10)16(7-14-8)6-11(1-2-11)3-4-20(17,18)19/h5,7H,1-4,6H2,(H2,12,13,15)(H2,17,18,19). The third-order valence-corrected chi connectivity index (χ3v) is 4.58. The van der Waals surface area contributed by atoms with Crippen molar-refractivity contribution < 1.29 is 14.4 Å². The van der Waals surface area contributed by atoms with Crippen LogP contribution in [0.3, 0.4) is 0 Å². The maximum absolute atomic E-state index is 11.0. The van der Waals surface area contributed by atoms with Gasteiger partial charge in [-0.05, 0) is 24.7 Å². The van der Waals surface area contributed by atoms with Crippen LogP contribution in [0, 0.1) is 5.41 Å². The van der Waals surface area contributed by atoms with E-state index in [4.69, 9.17) is 15.5 Å². The fraction of sp³-hybridized carbons (Fsp3) is 0.545. The zero-order valence-corrected chi connectivity index (χ0v) is 11.7. The Hall–Kier alpha value is -1.50. The highest BCUT2D eigenvalue weighted by Crippen LogP contribution is 2.53. The summed E-state index contributed by atoms with van der Waals surface area (Å²) in [5.41, 5.74) is 6.87. The number of anilines is 1. The van der Waals surface area contributed by atoms with Crippen molar-refractivity contribution in [2.45, 2.75) is 25.8 Å². The van der Waals surface area contributed by atoms with E-state index in [0.29, 0.717) is 24.1 Å². The van der Waals surface area contributed by atoms with E-state index in [9.17, 15) is 4.57 Å². The van der Waals surface area contributed by atoms with E-state index in [2.05, 4.69) is 15.0 Å². The predicted molar refractivity (Wildman–Crippen MR) is 72.9 cm³/mol. The zero-order valence-electron chi connectivity index (χ0n) is 10.8. The van der Waals surface area contributed by atoms with Crippen LogP contribution in [0.15, 0.2) is 12.5 Å². The van der Waals surface area contributed by atoms with Gasteiger partial charge in [-0.1, -0.05) is 0 Å². The summed E-state index contributed by atoms with van der Waals surface area (Å²) >= 11 is 0. The van der Waals surface area contributed by atoms with Crippen LogP contribution >= 0.6 is 7.60 Å². The van der Waals surface area contributed by atoms with Crippen molar-refractivity contribution in [1.82, 2.24) is 19.5 Å². The summed E-state index contributed by atoms with van der Waals surface area (Å²) in [6, 6.07) is 0. The maximum atomic E-state index is 11.0. The van der Waals surface area contributed by atoms with Crippen LogP contribution in [-0.2, 0) is 11.1 Å². The molecule has 2 aromatic rings. The number of rotatable bonds is 5. The number of hydrogen-bond donors (Lipinski definition) is 3. The van der Waals surface area contributed by atoms with Crippen molar-refractivity contribution in [3.05, 3.63) is 12.5 Å². The Morgan fingerprint density at radius 3 is 2.80 bits per heavy atom. The summed E-state index contributed by atoms with van der Waals surface area (Å²) in [6.45, 7) is 0.653. The second-order valence-electron chi connectivity index (χ2n) is 5.45. The van der Waals surface area contributed by atoms with Crippen molar-refractivity contribution in [3.63, 3.8) is 0 Å². The lowest BCUT2D eigenvalue weighted by Gasteiger charge is -2.16. The summed E-state index contributed by atoms with van der Waals surface area (Å²) in [6.07, 6.45) is 5.62. The molecule has 1 aliphatic carbocycles. The van der Waals surface area contributed by atoms with E-state index in [1.807, 2.05) is 4.57 Å². The van der Waals surface area contributed by atoms with E-state index >= 15 is 0 Å². The first kappa shape index (κ1) is 13.5. The van der Waals surface area contributed by atoms with Gasteiger partial charge < -0.3 is 20.1 Å². The molecule has 0 saturated heterocycles. The predicted octanol–water partition coefficient (Wildman–Crippen LogP) is 0.756. The second kappa shape index (κ2) is 4.51. The molecule has 0 spiro atoms. The summed E-state index contributed by atoms with van der Waals surface area (Å²) < 4.78 is 12.9. The van der Waals surface area contributed by atoms with Crippen LogP contribution < -0.4 is 5.73 Å². The van der Waals surface area contributed by atoms with Crippen LogP contribution in [-0.4, -0.2) is 35.5 Å². The molecule has 0 radical (unpaired) electrons. The van der Waals surface area contributed by atoms with E-state index in [1.54, 1.807) is 12.5 Å². The van der Waals surface area contributed by atoms with Crippen LogP contribution in [0.1, 0.15) is 19.3 Å². The van der Waals surface area contributed by atoms with E-state index < -0.39 is 7.60 Å². The van der Waals surface area contributed by atoms with Crippen molar-refractivity contribution in [3.8, 4) is 0 Å². The highest BCUT2D eigenvalue weighted by atomic mass is 31.2. The molecule has 0 bridgehead atoms. The number of imidazole rings is 1. The molecule has 2 aromatic heterocycles. The molecular weight excluding hydrogens is 281 g/mol. The normalized spacial score (nSPS) is 17.5. The monoisotopic (exact) mass is 297 g/mol. The Labute approximate surface area is 115 Å². The van der Waals surface area contributed by atoms with Gasteiger partial charge in [-0.15, -0.1) is 0 Å². The van der Waals surface area contributed by atoms with E-state index in [1.165, 1.54) is 0 Å². The topological polar surface area (TPSA) is 127 Å². The molecule has 0 amide bonds. The molecular formula is C11H16N5O3P. The Balaban J connectivity index is 1.79.